The second-order valence-electron chi connectivity index (χ2n) is 17.9. The molecule has 0 fully saturated rings. The molecule has 0 unspecified atom stereocenters. The summed E-state index contributed by atoms with van der Waals surface area (Å²) in [6.45, 7) is 19.1. The SMILES string of the molecule is Cc1cc(-c2cc3c(cc2Nc2cc4c(cc2C)C(C)(C)CCC4(C)C)C(C)(C)c2ccccc2-3)c2c(c1)-n1c3ccccc3c3cccc(c31)B2. The summed E-state index contributed by atoms with van der Waals surface area (Å²) < 4.78 is 2.55. The van der Waals surface area contributed by atoms with E-state index in [1.165, 1.54) is 118 Å². The number of benzene rings is 6. The molecule has 1 aromatic heterocycles. The average molecular weight is 675 g/mol. The Bertz CT molecular complexity index is 2680. The molecule has 0 atom stereocenters. The number of hydrogen-bond acceptors (Lipinski definition) is 1. The van der Waals surface area contributed by atoms with Crippen LogP contribution in [0, 0.1) is 13.8 Å². The molecule has 6 aromatic carbocycles. The minimum Gasteiger partial charge on any atom is -0.355 e. The van der Waals surface area contributed by atoms with E-state index in [1.54, 1.807) is 0 Å². The van der Waals surface area contributed by atoms with Crippen LogP contribution in [-0.4, -0.2) is 11.8 Å². The van der Waals surface area contributed by atoms with Gasteiger partial charge in [0.2, 0.25) is 0 Å². The van der Waals surface area contributed by atoms with Gasteiger partial charge in [-0.2, -0.15) is 0 Å². The molecule has 2 aliphatic carbocycles. The first kappa shape index (κ1) is 31.7. The molecule has 0 amide bonds. The third-order valence-corrected chi connectivity index (χ3v) is 13.2. The Kier molecular flexibility index (Phi) is 6.42. The summed E-state index contributed by atoms with van der Waals surface area (Å²) in [5.41, 5.74) is 23.0. The van der Waals surface area contributed by atoms with Crippen LogP contribution in [0.1, 0.15) is 87.8 Å². The van der Waals surface area contributed by atoms with Gasteiger partial charge in [0.25, 0.3) is 0 Å². The molecular weight excluding hydrogens is 627 g/mol. The van der Waals surface area contributed by atoms with Crippen LogP contribution in [0.15, 0.2) is 103 Å². The highest BCUT2D eigenvalue weighted by Gasteiger charge is 2.39. The molecule has 256 valence electrons. The lowest BCUT2D eigenvalue weighted by molar-refractivity contribution is 0.332. The number of rotatable bonds is 3. The largest absolute Gasteiger partial charge is 0.355 e. The molecule has 10 rings (SSSR count). The van der Waals surface area contributed by atoms with Gasteiger partial charge in [0.1, 0.15) is 0 Å². The predicted octanol–water partition coefficient (Wildman–Crippen LogP) is 11.2. The summed E-state index contributed by atoms with van der Waals surface area (Å²) in [7, 11) is 0.901. The summed E-state index contributed by atoms with van der Waals surface area (Å²) in [4.78, 5) is 0. The highest BCUT2D eigenvalue weighted by molar-refractivity contribution is 6.73. The minimum absolute atomic E-state index is 0.0988. The van der Waals surface area contributed by atoms with Crippen LogP contribution in [0.3, 0.4) is 0 Å². The van der Waals surface area contributed by atoms with E-state index in [1.807, 2.05) is 0 Å². The number of aryl methyl sites for hydroxylation is 2. The Hall–Kier alpha value is -5.02. The number of aromatic nitrogens is 1. The summed E-state index contributed by atoms with van der Waals surface area (Å²) in [5, 5.41) is 6.80. The predicted molar refractivity (Wildman–Crippen MR) is 225 cm³/mol. The van der Waals surface area contributed by atoms with Gasteiger partial charge in [-0.15, -0.1) is 0 Å². The fourth-order valence-corrected chi connectivity index (χ4v) is 10.2. The van der Waals surface area contributed by atoms with Gasteiger partial charge in [-0.3, -0.25) is 0 Å². The molecule has 52 heavy (non-hydrogen) atoms. The lowest BCUT2D eigenvalue weighted by atomic mass is 9.59. The van der Waals surface area contributed by atoms with Crippen molar-refractivity contribution in [1.29, 1.82) is 0 Å². The number of anilines is 2. The smallest absolute Gasteiger partial charge is 0.198 e. The number of para-hydroxylation sites is 2. The highest BCUT2D eigenvalue weighted by Crippen LogP contribution is 2.53. The van der Waals surface area contributed by atoms with Gasteiger partial charge in [-0.25, -0.2) is 0 Å². The molecule has 0 radical (unpaired) electrons. The Morgan fingerprint density at radius 2 is 1.27 bits per heavy atom. The second kappa shape index (κ2) is 10.5. The van der Waals surface area contributed by atoms with Crippen molar-refractivity contribution in [1.82, 2.24) is 4.57 Å². The van der Waals surface area contributed by atoms with E-state index in [2.05, 4.69) is 168 Å². The van der Waals surface area contributed by atoms with Crippen LogP contribution in [0.4, 0.5) is 11.4 Å². The number of fused-ring (bicyclic) bond motifs is 9. The summed E-state index contributed by atoms with van der Waals surface area (Å²) in [6.07, 6.45) is 2.42. The van der Waals surface area contributed by atoms with Gasteiger partial charge in [0.15, 0.2) is 7.28 Å². The Balaban J connectivity index is 1.24. The Labute approximate surface area is 309 Å². The monoisotopic (exact) mass is 674 g/mol. The fourth-order valence-electron chi connectivity index (χ4n) is 10.2. The summed E-state index contributed by atoms with van der Waals surface area (Å²) in [5.74, 6) is 0. The van der Waals surface area contributed by atoms with Crippen LogP contribution in [-0.2, 0) is 16.2 Å². The van der Waals surface area contributed by atoms with E-state index >= 15 is 0 Å². The van der Waals surface area contributed by atoms with E-state index in [9.17, 15) is 0 Å². The van der Waals surface area contributed by atoms with E-state index < -0.39 is 0 Å². The van der Waals surface area contributed by atoms with Gasteiger partial charge in [-0.05, 0) is 123 Å². The van der Waals surface area contributed by atoms with E-state index in [-0.39, 0.29) is 16.2 Å². The van der Waals surface area contributed by atoms with Gasteiger partial charge in [0, 0.05) is 44.3 Å². The molecule has 3 aliphatic rings. The maximum absolute atomic E-state index is 4.13. The van der Waals surface area contributed by atoms with Gasteiger partial charge in [-0.1, -0.05) is 120 Å². The van der Waals surface area contributed by atoms with E-state index in [0.29, 0.717) is 0 Å². The highest BCUT2D eigenvalue weighted by atomic mass is 15.0. The topological polar surface area (TPSA) is 17.0 Å². The number of nitrogens with zero attached hydrogens (tertiary/aromatic N) is 1. The molecule has 1 N–H and O–H groups in total. The number of hydrogen-bond donors (Lipinski definition) is 1. The lowest BCUT2D eigenvalue weighted by Crippen LogP contribution is -2.37. The van der Waals surface area contributed by atoms with Gasteiger partial charge in [0.05, 0.1) is 5.52 Å². The summed E-state index contributed by atoms with van der Waals surface area (Å²) >= 11 is 0. The molecule has 2 nitrogen and oxygen atoms in total. The van der Waals surface area contributed by atoms with Gasteiger partial charge < -0.3 is 9.88 Å². The van der Waals surface area contributed by atoms with Crippen LogP contribution >= 0.6 is 0 Å². The maximum Gasteiger partial charge on any atom is 0.198 e. The third kappa shape index (κ3) is 4.32. The molecule has 1 aliphatic heterocycles. The first-order valence-electron chi connectivity index (χ1n) is 19.2. The fraction of sp³-hybridized carbons (Fsp3) is 0.265. The minimum atomic E-state index is -0.0988. The lowest BCUT2D eigenvalue weighted by Gasteiger charge is -2.42. The molecule has 0 bridgehead atoms. The number of nitrogens with one attached hydrogen (secondary N) is 1. The standard InChI is InChI=1S/C49H47BN2/c1-28-22-35(45-44(23-28)52-43-19-12-10-15-31(43)32-16-13-18-40(50-45)46(32)52)34-25-33-30-14-9-11-17-36(30)49(7,8)37(33)26-42(34)51-41-27-39-38(24-29(41)2)47(3,4)20-21-48(39,5)6/h9-19,22-27,50-51H,20-21H2,1-8H3. The Morgan fingerprint density at radius 3 is 2.08 bits per heavy atom. The first-order chi connectivity index (χ1) is 24.8. The van der Waals surface area contributed by atoms with Gasteiger partial charge >= 0.3 is 0 Å². The third-order valence-electron chi connectivity index (χ3n) is 13.2. The molecular formula is C49H47BN2. The van der Waals surface area contributed by atoms with Crippen LogP contribution in [0.5, 0.6) is 0 Å². The molecule has 0 saturated heterocycles. The van der Waals surface area contributed by atoms with Crippen molar-refractivity contribution >= 4 is 51.4 Å². The first-order valence-corrected chi connectivity index (χ1v) is 19.2. The van der Waals surface area contributed by atoms with Crippen molar-refractivity contribution in [3.8, 4) is 27.9 Å². The second-order valence-corrected chi connectivity index (χ2v) is 17.9. The zero-order valence-electron chi connectivity index (χ0n) is 31.9. The molecule has 7 aromatic rings. The summed E-state index contributed by atoms with van der Waals surface area (Å²) in [6, 6.07) is 39.7. The quantitative estimate of drug-likeness (QED) is 0.185. The van der Waals surface area contributed by atoms with Crippen molar-refractivity contribution in [3.05, 3.63) is 137 Å². The molecule has 3 heteroatoms. The van der Waals surface area contributed by atoms with Crippen molar-refractivity contribution in [2.45, 2.75) is 84.5 Å². The van der Waals surface area contributed by atoms with Crippen molar-refractivity contribution < 1.29 is 0 Å². The maximum atomic E-state index is 4.13. The van der Waals surface area contributed by atoms with Crippen LogP contribution in [0.25, 0.3) is 49.7 Å². The zero-order chi connectivity index (χ0) is 35.9. The normalized spacial score (nSPS) is 16.9. The van der Waals surface area contributed by atoms with Crippen molar-refractivity contribution in [3.63, 3.8) is 0 Å². The Morgan fingerprint density at radius 1 is 0.577 bits per heavy atom. The van der Waals surface area contributed by atoms with Crippen LogP contribution in [0.2, 0.25) is 0 Å². The zero-order valence-corrected chi connectivity index (χ0v) is 31.9. The van der Waals surface area contributed by atoms with Crippen molar-refractivity contribution in [2.75, 3.05) is 5.32 Å². The molecule has 0 saturated carbocycles. The van der Waals surface area contributed by atoms with Crippen molar-refractivity contribution in [2.24, 2.45) is 0 Å². The van der Waals surface area contributed by atoms with Crippen LogP contribution < -0.4 is 16.2 Å². The van der Waals surface area contributed by atoms with E-state index in [4.69, 9.17) is 0 Å². The van der Waals surface area contributed by atoms with E-state index in [0.717, 1.165) is 7.28 Å². The molecule has 0 spiro atoms. The molecule has 2 heterocycles. The average Bonchev–Trinajstić information content (AvgIpc) is 3.57.